The first kappa shape index (κ1) is 33.9. The van der Waals surface area contributed by atoms with E-state index in [4.69, 9.17) is 28.4 Å². The van der Waals surface area contributed by atoms with E-state index in [0.717, 1.165) is 38.9 Å². The van der Waals surface area contributed by atoms with Gasteiger partial charge < -0.3 is 38.8 Å². The number of nitrogens with one attached hydrogen (secondary N) is 1. The maximum atomic E-state index is 13.0. The molecule has 2 fully saturated rings. The van der Waals surface area contributed by atoms with Gasteiger partial charge in [-0.25, -0.2) is 4.79 Å². The van der Waals surface area contributed by atoms with Gasteiger partial charge in [-0.05, 0) is 63.2 Å². The molecule has 4 atom stereocenters. The number of benzene rings is 5. The van der Waals surface area contributed by atoms with Crippen molar-refractivity contribution in [3.8, 4) is 22.6 Å². The van der Waals surface area contributed by atoms with Crippen molar-refractivity contribution in [3.05, 3.63) is 155 Å². The molecule has 9 nitrogen and oxygen atoms in total. The number of aliphatic hydroxyl groups excluding tert-OH is 1. The van der Waals surface area contributed by atoms with Crippen molar-refractivity contribution >= 4 is 6.09 Å². The van der Waals surface area contributed by atoms with Gasteiger partial charge in [-0.3, -0.25) is 0 Å². The highest BCUT2D eigenvalue weighted by atomic mass is 16.7. The molecule has 266 valence electrons. The third-order valence-corrected chi connectivity index (χ3v) is 10.6. The Morgan fingerprint density at radius 2 is 1.31 bits per heavy atom. The molecule has 3 aliphatic rings. The van der Waals surface area contributed by atoms with Crippen molar-refractivity contribution in [1.29, 1.82) is 0 Å². The lowest BCUT2D eigenvalue weighted by atomic mass is 9.79. The minimum atomic E-state index is -1.17. The summed E-state index contributed by atoms with van der Waals surface area (Å²) in [6.45, 7) is 0.431. The van der Waals surface area contributed by atoms with E-state index in [9.17, 15) is 9.90 Å². The van der Waals surface area contributed by atoms with Crippen LogP contribution in [0.1, 0.15) is 33.7 Å². The van der Waals surface area contributed by atoms with E-state index in [-0.39, 0.29) is 32.3 Å². The lowest BCUT2D eigenvalue weighted by Crippen LogP contribution is -2.49. The Kier molecular flexibility index (Phi) is 9.19. The number of hydrogen-bond acceptors (Lipinski definition) is 8. The Bertz CT molecular complexity index is 1920. The molecule has 0 saturated carbocycles. The monoisotopic (exact) mass is 699 g/mol. The Labute approximate surface area is 303 Å². The lowest BCUT2D eigenvalue weighted by molar-refractivity contribution is -0.181. The molecule has 5 aromatic rings. The predicted molar refractivity (Wildman–Crippen MR) is 195 cm³/mol. The molecule has 0 radical (unpaired) electrons. The summed E-state index contributed by atoms with van der Waals surface area (Å²) in [5.74, 6) is 1.38. The molecule has 2 N–H and O–H groups in total. The Morgan fingerprint density at radius 3 is 1.88 bits per heavy atom. The number of amides is 1. The molecule has 2 saturated heterocycles. The molecule has 5 aromatic carbocycles. The second-order valence-electron chi connectivity index (χ2n) is 13.4. The summed E-state index contributed by atoms with van der Waals surface area (Å²) in [6, 6.07) is 41.9. The number of hydrogen-bond donors (Lipinski definition) is 2. The van der Waals surface area contributed by atoms with E-state index >= 15 is 0 Å². The van der Waals surface area contributed by atoms with Gasteiger partial charge in [0.1, 0.15) is 47.6 Å². The van der Waals surface area contributed by atoms with Crippen molar-refractivity contribution in [2.75, 3.05) is 40.6 Å². The second kappa shape index (κ2) is 14.1. The van der Waals surface area contributed by atoms with Crippen LogP contribution in [0.15, 0.2) is 127 Å². The van der Waals surface area contributed by atoms with Crippen molar-refractivity contribution in [3.63, 3.8) is 0 Å². The molecule has 2 bridgehead atoms. The van der Waals surface area contributed by atoms with Gasteiger partial charge in [0.2, 0.25) is 0 Å². The van der Waals surface area contributed by atoms with Gasteiger partial charge in [-0.1, -0.05) is 103 Å². The summed E-state index contributed by atoms with van der Waals surface area (Å²) >= 11 is 0. The summed E-state index contributed by atoms with van der Waals surface area (Å²) in [4.78, 5) is 13.0. The highest BCUT2D eigenvalue weighted by Crippen LogP contribution is 2.47. The molecule has 9 heteroatoms. The highest BCUT2D eigenvalue weighted by molar-refractivity contribution is 5.79. The number of aliphatic hydroxyl groups is 1. The summed E-state index contributed by atoms with van der Waals surface area (Å²) in [7, 11) is 3.26. The van der Waals surface area contributed by atoms with Gasteiger partial charge in [0.25, 0.3) is 0 Å². The first-order valence-corrected chi connectivity index (χ1v) is 17.5. The van der Waals surface area contributed by atoms with E-state index < -0.39 is 35.6 Å². The molecule has 0 spiro atoms. The average Bonchev–Trinajstić information content (AvgIpc) is 3.80. The molecule has 1 aliphatic carbocycles. The van der Waals surface area contributed by atoms with Crippen LogP contribution in [0.4, 0.5) is 4.79 Å². The van der Waals surface area contributed by atoms with Gasteiger partial charge >= 0.3 is 6.09 Å². The molecule has 0 unspecified atom stereocenters. The molecular weight excluding hydrogens is 658 g/mol. The molecule has 0 aromatic heterocycles. The van der Waals surface area contributed by atoms with Crippen molar-refractivity contribution in [2.45, 2.75) is 35.4 Å². The van der Waals surface area contributed by atoms with Crippen LogP contribution in [0.3, 0.4) is 0 Å². The fraction of sp³-hybridized carbons (Fsp3) is 0.279. The number of methoxy groups -OCH3 is 2. The van der Waals surface area contributed by atoms with Crippen LogP contribution in [-0.2, 0) is 24.5 Å². The number of alkyl carbamates (subject to hydrolysis) is 1. The standard InChI is InChI=1S/C43H41NO8/c1-47-31-20-16-29(17-21-31)43(28-10-4-3-5-11-28,30-18-22-32(48-2)23-19-30)51-27-42-26-50-39(40(42)45)38(52-42)24-44-41(46)49-25-37-35-14-8-6-12-33(35)34-13-7-9-15-36(34)37/h3-23,37-40,45H,24-27H2,1-2H3,(H,44,46)/t38-,39-,40-,42+/m0/s1. The molecule has 52 heavy (non-hydrogen) atoms. The molecule has 8 rings (SSSR count). The summed E-state index contributed by atoms with van der Waals surface area (Å²) in [5.41, 5.74) is 4.94. The lowest BCUT2D eigenvalue weighted by Gasteiger charge is -2.39. The van der Waals surface area contributed by atoms with Gasteiger partial charge in [0, 0.05) is 12.5 Å². The first-order valence-electron chi connectivity index (χ1n) is 17.5. The van der Waals surface area contributed by atoms with E-state index in [1.54, 1.807) is 14.2 Å². The highest BCUT2D eigenvalue weighted by Gasteiger charge is 2.62. The first-order chi connectivity index (χ1) is 25.5. The smallest absolute Gasteiger partial charge is 0.407 e. The summed E-state index contributed by atoms with van der Waals surface area (Å²) in [5, 5.41) is 14.4. The second-order valence-corrected chi connectivity index (χ2v) is 13.4. The number of rotatable bonds is 12. The zero-order valence-electron chi connectivity index (χ0n) is 29.1. The summed E-state index contributed by atoms with van der Waals surface area (Å²) < 4.78 is 36.4. The fourth-order valence-corrected chi connectivity index (χ4v) is 7.95. The molecule has 1 amide bonds. The van der Waals surface area contributed by atoms with Gasteiger partial charge in [0.05, 0.1) is 27.4 Å². The third kappa shape index (κ3) is 5.89. The molecule has 2 heterocycles. The van der Waals surface area contributed by atoms with Crippen molar-refractivity contribution in [1.82, 2.24) is 5.32 Å². The van der Waals surface area contributed by atoms with E-state index in [1.807, 2.05) is 103 Å². The minimum Gasteiger partial charge on any atom is -0.497 e. The molecular formula is C43H41NO8. The number of ether oxygens (including phenoxy) is 6. The van der Waals surface area contributed by atoms with Crippen molar-refractivity contribution in [2.24, 2.45) is 0 Å². The van der Waals surface area contributed by atoms with E-state index in [2.05, 4.69) is 29.6 Å². The SMILES string of the molecule is COc1ccc(C(OC[C@@]23CO[C@@H]([C@H](CNC(=O)OCC4c5ccccc5-c5ccccc54)O2)[C@@H]3O)(c2ccccc2)c2ccc(OC)cc2)cc1. The number of carbonyl (C=O) groups is 1. The van der Waals surface area contributed by atoms with Crippen LogP contribution in [-0.4, -0.2) is 75.7 Å². The number of carbonyl (C=O) groups excluding carboxylic acids is 1. The largest absolute Gasteiger partial charge is 0.497 e. The minimum absolute atomic E-state index is 0.000929. The van der Waals surface area contributed by atoms with Crippen molar-refractivity contribution < 1.29 is 38.3 Å². The normalized spacial score (nSPS) is 21.7. The Hall–Kier alpha value is -5.19. The zero-order chi connectivity index (χ0) is 35.7. The quantitative estimate of drug-likeness (QED) is 0.143. The van der Waals surface area contributed by atoms with Gasteiger partial charge in [0.15, 0.2) is 0 Å². The topological polar surface area (TPSA) is 105 Å². The third-order valence-electron chi connectivity index (χ3n) is 10.6. The van der Waals surface area contributed by atoms with E-state index in [0.29, 0.717) is 11.5 Å². The summed E-state index contributed by atoms with van der Waals surface area (Å²) in [6.07, 6.45) is -2.80. The van der Waals surface area contributed by atoms with Crippen LogP contribution in [0, 0.1) is 0 Å². The van der Waals surface area contributed by atoms with Crippen LogP contribution in [0.2, 0.25) is 0 Å². The van der Waals surface area contributed by atoms with Crippen LogP contribution < -0.4 is 14.8 Å². The Morgan fingerprint density at radius 1 is 0.769 bits per heavy atom. The maximum absolute atomic E-state index is 13.0. The van der Waals surface area contributed by atoms with Gasteiger partial charge in [-0.2, -0.15) is 0 Å². The predicted octanol–water partition coefficient (Wildman–Crippen LogP) is 6.45. The number of fused-ring (bicyclic) bond motifs is 5. The fourth-order valence-electron chi connectivity index (χ4n) is 7.95. The molecule has 2 aliphatic heterocycles. The van der Waals surface area contributed by atoms with Crippen LogP contribution in [0.5, 0.6) is 11.5 Å². The zero-order valence-corrected chi connectivity index (χ0v) is 29.1. The average molecular weight is 700 g/mol. The van der Waals surface area contributed by atoms with E-state index in [1.165, 1.54) is 0 Å². The Balaban J connectivity index is 0.994. The van der Waals surface area contributed by atoms with Crippen LogP contribution in [0.25, 0.3) is 11.1 Å². The van der Waals surface area contributed by atoms with Gasteiger partial charge in [-0.15, -0.1) is 0 Å². The van der Waals surface area contributed by atoms with Crippen LogP contribution >= 0.6 is 0 Å². The maximum Gasteiger partial charge on any atom is 0.407 e.